The van der Waals surface area contributed by atoms with Gasteiger partial charge in [0.15, 0.2) is 0 Å². The normalized spacial score (nSPS) is 35.8. The van der Waals surface area contributed by atoms with Gasteiger partial charge in [-0.1, -0.05) is 24.3 Å². The summed E-state index contributed by atoms with van der Waals surface area (Å²) in [7, 11) is 0. The quantitative estimate of drug-likeness (QED) is 0.444. The highest BCUT2D eigenvalue weighted by molar-refractivity contribution is 5.29. The molecule has 0 radical (unpaired) electrons. The number of hydrogen-bond donors (Lipinski definition) is 0. The summed E-state index contributed by atoms with van der Waals surface area (Å²) in [6.07, 6.45) is 5.64. The number of allylic oxidation sites excluding steroid dienone is 1. The van der Waals surface area contributed by atoms with E-state index in [4.69, 9.17) is 0 Å². The van der Waals surface area contributed by atoms with Crippen LogP contribution in [0, 0.1) is 11.8 Å². The zero-order valence-corrected chi connectivity index (χ0v) is 6.19. The molecule has 2 fully saturated rings. The van der Waals surface area contributed by atoms with E-state index in [0.717, 1.165) is 11.8 Å². The van der Waals surface area contributed by atoms with Crippen LogP contribution in [0.5, 0.6) is 0 Å². The van der Waals surface area contributed by atoms with Crippen LogP contribution in [0.15, 0.2) is 23.6 Å². The van der Waals surface area contributed by atoms with Gasteiger partial charge in [0.1, 0.15) is 0 Å². The Labute approximate surface area is 61.9 Å². The second-order valence-electron chi connectivity index (χ2n) is 3.25. The van der Waals surface area contributed by atoms with Crippen LogP contribution in [-0.2, 0) is 0 Å². The summed E-state index contributed by atoms with van der Waals surface area (Å²) in [6, 6.07) is 0. The molecule has 0 saturated heterocycles. The SMILES string of the molecule is C=C=C=C1C2CCCCC12. The van der Waals surface area contributed by atoms with E-state index in [9.17, 15) is 0 Å². The van der Waals surface area contributed by atoms with Crippen LogP contribution in [0.25, 0.3) is 0 Å². The van der Waals surface area contributed by atoms with E-state index in [1.165, 1.54) is 31.3 Å². The van der Waals surface area contributed by atoms with Crippen LogP contribution < -0.4 is 0 Å². The van der Waals surface area contributed by atoms with Gasteiger partial charge < -0.3 is 0 Å². The molecular formula is C10H12. The molecule has 10 heavy (non-hydrogen) atoms. The van der Waals surface area contributed by atoms with E-state index in [-0.39, 0.29) is 0 Å². The maximum Gasteiger partial charge on any atom is -0.00455 e. The fourth-order valence-corrected chi connectivity index (χ4v) is 2.11. The molecule has 0 heteroatoms. The lowest BCUT2D eigenvalue weighted by Crippen LogP contribution is -1.91. The Morgan fingerprint density at radius 2 is 1.80 bits per heavy atom. The van der Waals surface area contributed by atoms with Gasteiger partial charge in [0.05, 0.1) is 0 Å². The van der Waals surface area contributed by atoms with Crippen molar-refractivity contribution in [1.82, 2.24) is 0 Å². The molecule has 0 nitrogen and oxygen atoms in total. The largest absolute Gasteiger partial charge is 0.0782 e. The molecule has 52 valence electrons. The Morgan fingerprint density at radius 1 is 1.20 bits per heavy atom. The minimum Gasteiger partial charge on any atom is -0.0782 e. The molecule has 2 rings (SSSR count). The summed E-state index contributed by atoms with van der Waals surface area (Å²) in [4.78, 5) is 0. The molecule has 2 aliphatic carbocycles. The number of hydrogen-bond acceptors (Lipinski definition) is 0. The highest BCUT2D eigenvalue weighted by atomic mass is 14.5. The van der Waals surface area contributed by atoms with Crippen LogP contribution in [-0.4, -0.2) is 0 Å². The van der Waals surface area contributed by atoms with Crippen molar-refractivity contribution >= 4 is 0 Å². The summed E-state index contributed by atoms with van der Waals surface area (Å²) >= 11 is 0. The van der Waals surface area contributed by atoms with Crippen LogP contribution in [0.2, 0.25) is 0 Å². The molecule has 0 aromatic rings. The van der Waals surface area contributed by atoms with Crippen LogP contribution in [0.1, 0.15) is 25.7 Å². The fraction of sp³-hybridized carbons (Fsp3) is 0.600. The first kappa shape index (κ1) is 6.04. The van der Waals surface area contributed by atoms with Crippen molar-refractivity contribution in [2.45, 2.75) is 25.7 Å². The molecule has 0 heterocycles. The van der Waals surface area contributed by atoms with Crippen molar-refractivity contribution in [2.75, 3.05) is 0 Å². The summed E-state index contributed by atoms with van der Waals surface area (Å²) in [5.74, 6) is 1.78. The van der Waals surface area contributed by atoms with E-state index in [2.05, 4.69) is 18.0 Å². The number of fused-ring (bicyclic) bond motifs is 1. The Morgan fingerprint density at radius 3 is 2.30 bits per heavy atom. The molecule has 0 aromatic heterocycles. The predicted octanol–water partition coefficient (Wildman–Crippen LogP) is 2.67. The zero-order valence-electron chi connectivity index (χ0n) is 6.19. The van der Waals surface area contributed by atoms with E-state index < -0.39 is 0 Å². The highest BCUT2D eigenvalue weighted by Crippen LogP contribution is 2.54. The first-order chi connectivity index (χ1) is 4.93. The topological polar surface area (TPSA) is 0 Å². The van der Waals surface area contributed by atoms with Crippen LogP contribution >= 0.6 is 0 Å². The lowest BCUT2D eigenvalue weighted by atomic mass is 10.0. The third-order valence-electron chi connectivity index (χ3n) is 2.69. The minimum absolute atomic E-state index is 0.892. The van der Waals surface area contributed by atoms with Gasteiger partial charge in [-0.2, -0.15) is 0 Å². The molecule has 0 bridgehead atoms. The third-order valence-corrected chi connectivity index (χ3v) is 2.69. The van der Waals surface area contributed by atoms with Crippen LogP contribution in [0.4, 0.5) is 0 Å². The standard InChI is InChI=1S/C10H12/c1-2-5-8-9-6-3-4-7-10(8)9/h9-10H,1,3-4,6-7H2. The molecule has 0 spiro atoms. The van der Waals surface area contributed by atoms with E-state index in [0.29, 0.717) is 0 Å². The molecular weight excluding hydrogens is 120 g/mol. The summed E-state index contributed by atoms with van der Waals surface area (Å²) < 4.78 is 0. The van der Waals surface area contributed by atoms with E-state index >= 15 is 0 Å². The van der Waals surface area contributed by atoms with Crippen molar-refractivity contribution in [1.29, 1.82) is 0 Å². The van der Waals surface area contributed by atoms with Gasteiger partial charge in [0.25, 0.3) is 0 Å². The maximum atomic E-state index is 3.54. The van der Waals surface area contributed by atoms with Gasteiger partial charge in [-0.3, -0.25) is 0 Å². The fourth-order valence-electron chi connectivity index (χ4n) is 2.11. The molecule has 2 atom stereocenters. The van der Waals surface area contributed by atoms with Crippen molar-refractivity contribution < 1.29 is 0 Å². The van der Waals surface area contributed by atoms with Crippen molar-refractivity contribution in [3.63, 3.8) is 0 Å². The average Bonchev–Trinajstić information content (AvgIpc) is 2.66. The molecule has 2 unspecified atom stereocenters. The van der Waals surface area contributed by atoms with Gasteiger partial charge >= 0.3 is 0 Å². The average molecular weight is 132 g/mol. The van der Waals surface area contributed by atoms with Gasteiger partial charge in [0, 0.05) is 0 Å². The molecule has 0 aliphatic heterocycles. The Balaban J connectivity index is 2.20. The van der Waals surface area contributed by atoms with Crippen molar-refractivity contribution in [2.24, 2.45) is 11.8 Å². The Bertz CT molecular complexity index is 210. The molecule has 0 amide bonds. The second kappa shape index (κ2) is 2.16. The molecule has 2 saturated carbocycles. The monoisotopic (exact) mass is 132 g/mol. The van der Waals surface area contributed by atoms with Gasteiger partial charge in [0.2, 0.25) is 0 Å². The van der Waals surface area contributed by atoms with Gasteiger partial charge in [-0.15, -0.1) is 0 Å². The van der Waals surface area contributed by atoms with Crippen LogP contribution in [0.3, 0.4) is 0 Å². The predicted molar refractivity (Wildman–Crippen MR) is 41.6 cm³/mol. The smallest absolute Gasteiger partial charge is 0.00455 e. The first-order valence-electron chi connectivity index (χ1n) is 4.08. The van der Waals surface area contributed by atoms with Crippen molar-refractivity contribution in [3.05, 3.63) is 23.6 Å². The van der Waals surface area contributed by atoms with Crippen molar-refractivity contribution in [3.8, 4) is 0 Å². The highest BCUT2D eigenvalue weighted by Gasteiger charge is 2.44. The third kappa shape index (κ3) is 0.778. The lowest BCUT2D eigenvalue weighted by Gasteiger charge is -2.03. The zero-order chi connectivity index (χ0) is 6.97. The molecule has 0 N–H and O–H groups in total. The molecule has 0 aromatic carbocycles. The minimum atomic E-state index is 0.892. The van der Waals surface area contributed by atoms with Gasteiger partial charge in [-0.25, -0.2) is 0 Å². The Hall–Kier alpha value is -0.700. The maximum absolute atomic E-state index is 3.54. The molecule has 2 aliphatic rings. The van der Waals surface area contributed by atoms with E-state index in [1.54, 1.807) is 0 Å². The summed E-state index contributed by atoms with van der Waals surface area (Å²) in [5, 5.41) is 0. The summed E-state index contributed by atoms with van der Waals surface area (Å²) in [5.41, 5.74) is 7.37. The van der Waals surface area contributed by atoms with Gasteiger partial charge in [-0.05, 0) is 36.8 Å². The number of rotatable bonds is 0. The summed E-state index contributed by atoms with van der Waals surface area (Å²) in [6.45, 7) is 3.54. The van der Waals surface area contributed by atoms with E-state index in [1.807, 2.05) is 0 Å². The Kier molecular flexibility index (Phi) is 1.31. The first-order valence-corrected chi connectivity index (χ1v) is 4.08. The lowest BCUT2D eigenvalue weighted by molar-refractivity contribution is 0.480. The second-order valence-corrected chi connectivity index (χ2v) is 3.25.